The predicted octanol–water partition coefficient (Wildman–Crippen LogP) is 9.74. The first-order chi connectivity index (χ1) is 22.8. The Bertz CT molecular complexity index is 1240. The lowest BCUT2D eigenvalue weighted by Gasteiger charge is -2.28. The number of hydrogen-bond donors (Lipinski definition) is 0. The van der Waals surface area contributed by atoms with Gasteiger partial charge in [0.15, 0.2) is 0 Å². The van der Waals surface area contributed by atoms with Crippen LogP contribution in [-0.4, -0.2) is 62.3 Å². The second-order valence-corrected chi connectivity index (χ2v) is 13.7. The van der Waals surface area contributed by atoms with Crippen LogP contribution in [0.15, 0.2) is 78.9 Å². The maximum atomic E-state index is 6.28. The van der Waals surface area contributed by atoms with Crippen LogP contribution in [0.3, 0.4) is 0 Å². The molecule has 0 bridgehead atoms. The first-order valence-corrected chi connectivity index (χ1v) is 18.5. The standard InChI is InChI=1S/C42H56N2O2/c1-2-12-28-43(27-11-1)31-33-45-39-23-19-37(20-24-39)42(41(35-15-7-5-8-16-35)36-17-9-6-10-18-36)38-21-25-40(26-22-38)46-34-32-44-29-13-3-4-14-30-44/h5,7-8,15-16,19-26,36H,1-4,6,9-14,17-18,27-34H2. The zero-order chi connectivity index (χ0) is 31.2. The molecular weight excluding hydrogens is 564 g/mol. The average Bonchev–Trinajstić information content (AvgIpc) is 3.54. The van der Waals surface area contributed by atoms with Crippen molar-refractivity contribution in [3.8, 4) is 11.5 Å². The van der Waals surface area contributed by atoms with Gasteiger partial charge in [-0.2, -0.15) is 0 Å². The quantitative estimate of drug-likeness (QED) is 0.188. The number of benzene rings is 3. The van der Waals surface area contributed by atoms with Crippen LogP contribution in [-0.2, 0) is 0 Å². The molecule has 246 valence electrons. The van der Waals surface area contributed by atoms with Crippen molar-refractivity contribution < 1.29 is 9.47 Å². The summed E-state index contributed by atoms with van der Waals surface area (Å²) in [5.74, 6) is 2.48. The van der Waals surface area contributed by atoms with E-state index in [2.05, 4.69) is 88.7 Å². The van der Waals surface area contributed by atoms with Gasteiger partial charge in [-0.3, -0.25) is 9.80 Å². The molecule has 2 aliphatic heterocycles. The first-order valence-electron chi connectivity index (χ1n) is 18.5. The molecule has 0 radical (unpaired) electrons. The van der Waals surface area contributed by atoms with Gasteiger partial charge in [-0.1, -0.05) is 99.5 Å². The summed E-state index contributed by atoms with van der Waals surface area (Å²) in [5.41, 5.74) is 6.72. The minimum atomic E-state index is 0.556. The lowest BCUT2D eigenvalue weighted by molar-refractivity contribution is 0.214. The second-order valence-electron chi connectivity index (χ2n) is 13.7. The number of allylic oxidation sites excluding steroid dienone is 1. The Morgan fingerprint density at radius 1 is 0.478 bits per heavy atom. The fraction of sp³-hybridized carbons (Fsp3) is 0.524. The molecule has 0 amide bonds. The van der Waals surface area contributed by atoms with Crippen LogP contribution in [0, 0.1) is 5.92 Å². The molecule has 3 aromatic carbocycles. The van der Waals surface area contributed by atoms with Gasteiger partial charge in [0.2, 0.25) is 0 Å². The van der Waals surface area contributed by atoms with Crippen LogP contribution in [0.2, 0.25) is 0 Å². The predicted molar refractivity (Wildman–Crippen MR) is 193 cm³/mol. The molecule has 0 N–H and O–H groups in total. The van der Waals surface area contributed by atoms with Gasteiger partial charge in [-0.15, -0.1) is 0 Å². The zero-order valence-corrected chi connectivity index (χ0v) is 28.1. The van der Waals surface area contributed by atoms with Crippen molar-refractivity contribution in [2.24, 2.45) is 5.92 Å². The minimum absolute atomic E-state index is 0.556. The molecule has 2 saturated heterocycles. The topological polar surface area (TPSA) is 24.9 Å². The minimum Gasteiger partial charge on any atom is -0.492 e. The van der Waals surface area contributed by atoms with Crippen LogP contribution >= 0.6 is 0 Å². The lowest BCUT2D eigenvalue weighted by Crippen LogP contribution is -2.29. The SMILES string of the molecule is c1ccc(C(=C(c2ccc(OCCN3CCCCCC3)cc2)c2ccc(OCCN3CCCCCC3)cc2)C2CCCCC2)cc1. The number of likely N-dealkylation sites (tertiary alicyclic amines) is 2. The smallest absolute Gasteiger partial charge is 0.119 e. The second kappa shape index (κ2) is 17.7. The zero-order valence-electron chi connectivity index (χ0n) is 28.1. The molecule has 46 heavy (non-hydrogen) atoms. The fourth-order valence-corrected chi connectivity index (χ4v) is 7.81. The average molecular weight is 621 g/mol. The van der Waals surface area contributed by atoms with E-state index < -0.39 is 0 Å². The summed E-state index contributed by atoms with van der Waals surface area (Å²) in [5, 5.41) is 0. The highest BCUT2D eigenvalue weighted by Crippen LogP contribution is 2.43. The Kier molecular flexibility index (Phi) is 12.7. The Balaban J connectivity index is 1.23. The van der Waals surface area contributed by atoms with E-state index in [-0.39, 0.29) is 0 Å². The van der Waals surface area contributed by atoms with Crippen LogP contribution in [0.4, 0.5) is 0 Å². The van der Waals surface area contributed by atoms with E-state index >= 15 is 0 Å². The Labute approximate surface area is 278 Å². The van der Waals surface area contributed by atoms with Crippen LogP contribution in [0.25, 0.3) is 11.1 Å². The van der Waals surface area contributed by atoms with Gasteiger partial charge < -0.3 is 9.47 Å². The van der Waals surface area contributed by atoms with E-state index in [9.17, 15) is 0 Å². The van der Waals surface area contributed by atoms with E-state index in [1.807, 2.05) is 0 Å². The van der Waals surface area contributed by atoms with Gasteiger partial charge in [-0.05, 0) is 123 Å². The summed E-state index contributed by atoms with van der Waals surface area (Å²) in [6, 6.07) is 29.0. The third-order valence-corrected chi connectivity index (χ3v) is 10.4. The Morgan fingerprint density at radius 3 is 1.37 bits per heavy atom. The number of rotatable bonds is 12. The van der Waals surface area contributed by atoms with E-state index in [0.29, 0.717) is 5.92 Å². The molecule has 0 spiro atoms. The molecular formula is C42H56N2O2. The molecule has 1 aliphatic carbocycles. The first kappa shape index (κ1) is 32.8. The van der Waals surface area contributed by atoms with Crippen molar-refractivity contribution in [1.29, 1.82) is 0 Å². The van der Waals surface area contributed by atoms with Gasteiger partial charge in [0.05, 0.1) is 0 Å². The number of nitrogens with zero attached hydrogens (tertiary/aromatic N) is 2. The number of hydrogen-bond acceptors (Lipinski definition) is 4. The highest BCUT2D eigenvalue weighted by atomic mass is 16.5. The van der Waals surface area contributed by atoms with E-state index in [0.717, 1.165) is 37.8 Å². The number of ether oxygens (including phenoxy) is 2. The summed E-state index contributed by atoms with van der Waals surface area (Å²) in [4.78, 5) is 5.14. The molecule has 0 aromatic heterocycles. The van der Waals surface area contributed by atoms with E-state index in [4.69, 9.17) is 9.47 Å². The maximum absolute atomic E-state index is 6.28. The van der Waals surface area contributed by atoms with Crippen LogP contribution in [0.5, 0.6) is 11.5 Å². The fourth-order valence-electron chi connectivity index (χ4n) is 7.81. The highest BCUT2D eigenvalue weighted by Gasteiger charge is 2.24. The third-order valence-electron chi connectivity index (χ3n) is 10.4. The summed E-state index contributed by atoms with van der Waals surface area (Å²) in [6.07, 6.45) is 17.2. The molecule has 4 nitrogen and oxygen atoms in total. The Hall–Kier alpha value is -3.08. The van der Waals surface area contributed by atoms with Gasteiger partial charge in [0.1, 0.15) is 24.7 Å². The molecule has 3 aliphatic rings. The molecule has 6 rings (SSSR count). The van der Waals surface area contributed by atoms with Gasteiger partial charge >= 0.3 is 0 Å². The monoisotopic (exact) mass is 620 g/mol. The van der Waals surface area contributed by atoms with Crippen molar-refractivity contribution in [2.75, 3.05) is 52.5 Å². The lowest BCUT2D eigenvalue weighted by atomic mass is 9.76. The third kappa shape index (κ3) is 9.48. The van der Waals surface area contributed by atoms with E-state index in [1.54, 1.807) is 0 Å². The van der Waals surface area contributed by atoms with E-state index in [1.165, 1.54) is 137 Å². The normalized spacial score (nSPS) is 18.8. The van der Waals surface area contributed by atoms with Crippen molar-refractivity contribution >= 4 is 11.1 Å². The molecule has 3 aromatic rings. The summed E-state index contributed by atoms with van der Waals surface area (Å²) < 4.78 is 12.6. The Morgan fingerprint density at radius 2 is 0.913 bits per heavy atom. The molecule has 3 fully saturated rings. The largest absolute Gasteiger partial charge is 0.492 e. The molecule has 0 unspecified atom stereocenters. The molecule has 1 saturated carbocycles. The molecule has 4 heteroatoms. The van der Waals surface area contributed by atoms with Crippen LogP contribution in [0.1, 0.15) is 100 Å². The summed E-state index contributed by atoms with van der Waals surface area (Å²) in [7, 11) is 0. The van der Waals surface area contributed by atoms with Crippen molar-refractivity contribution in [2.45, 2.75) is 83.5 Å². The summed E-state index contributed by atoms with van der Waals surface area (Å²) in [6.45, 7) is 8.37. The van der Waals surface area contributed by atoms with Crippen molar-refractivity contribution in [1.82, 2.24) is 9.80 Å². The highest BCUT2D eigenvalue weighted by molar-refractivity contribution is 5.99. The molecule has 0 atom stereocenters. The van der Waals surface area contributed by atoms with Crippen molar-refractivity contribution in [3.05, 3.63) is 95.6 Å². The molecule has 2 heterocycles. The van der Waals surface area contributed by atoms with Crippen LogP contribution < -0.4 is 9.47 Å². The van der Waals surface area contributed by atoms with Gasteiger partial charge in [0, 0.05) is 13.1 Å². The van der Waals surface area contributed by atoms with Gasteiger partial charge in [0.25, 0.3) is 0 Å². The van der Waals surface area contributed by atoms with Crippen molar-refractivity contribution in [3.63, 3.8) is 0 Å². The maximum Gasteiger partial charge on any atom is 0.119 e. The summed E-state index contributed by atoms with van der Waals surface area (Å²) >= 11 is 0. The van der Waals surface area contributed by atoms with Gasteiger partial charge in [-0.25, -0.2) is 0 Å².